The van der Waals surface area contributed by atoms with Crippen LogP contribution in [-0.4, -0.2) is 47.4 Å². The Morgan fingerprint density at radius 2 is 1.81 bits per heavy atom. The lowest BCUT2D eigenvalue weighted by Crippen LogP contribution is -2.40. The zero-order valence-corrected chi connectivity index (χ0v) is 19.4. The highest BCUT2D eigenvalue weighted by molar-refractivity contribution is 6.00. The Morgan fingerprint density at radius 3 is 2.44 bits per heavy atom. The predicted octanol–water partition coefficient (Wildman–Crippen LogP) is 3.93. The number of aromatic amines is 1. The van der Waals surface area contributed by atoms with E-state index >= 15 is 0 Å². The van der Waals surface area contributed by atoms with E-state index in [0.29, 0.717) is 42.0 Å². The van der Waals surface area contributed by atoms with Crippen LogP contribution in [0.25, 0.3) is 0 Å². The molecule has 1 aromatic heterocycles. The molecule has 0 aliphatic carbocycles. The normalized spacial score (nSPS) is 15.3. The van der Waals surface area contributed by atoms with E-state index in [9.17, 15) is 14.4 Å². The lowest BCUT2D eigenvalue weighted by Gasteiger charge is -2.32. The van der Waals surface area contributed by atoms with Crippen LogP contribution in [0.1, 0.15) is 76.8 Å². The quantitative estimate of drug-likeness (QED) is 0.640. The molecule has 2 N–H and O–H groups in total. The van der Waals surface area contributed by atoms with E-state index in [2.05, 4.69) is 10.3 Å². The van der Waals surface area contributed by atoms with Gasteiger partial charge >= 0.3 is 5.97 Å². The largest absolute Gasteiger partial charge is 0.462 e. The number of hydrogen-bond donors (Lipinski definition) is 2. The Hall–Kier alpha value is -3.09. The molecule has 2 amide bonds. The zero-order chi connectivity index (χ0) is 23.3. The first-order valence-electron chi connectivity index (χ1n) is 11.3. The summed E-state index contributed by atoms with van der Waals surface area (Å²) in [6.07, 6.45) is 2.03. The number of amides is 2. The van der Waals surface area contributed by atoms with Crippen molar-refractivity contribution in [3.63, 3.8) is 0 Å². The molecule has 7 nitrogen and oxygen atoms in total. The van der Waals surface area contributed by atoms with Gasteiger partial charge in [0.05, 0.1) is 18.2 Å². The van der Waals surface area contributed by atoms with Gasteiger partial charge in [-0.2, -0.15) is 0 Å². The molecule has 2 heterocycles. The van der Waals surface area contributed by atoms with E-state index in [1.54, 1.807) is 25.7 Å². The van der Waals surface area contributed by atoms with Gasteiger partial charge in [-0.25, -0.2) is 4.79 Å². The van der Waals surface area contributed by atoms with Crippen molar-refractivity contribution in [1.82, 2.24) is 15.2 Å². The van der Waals surface area contributed by atoms with Crippen molar-refractivity contribution < 1.29 is 19.1 Å². The van der Waals surface area contributed by atoms with Crippen LogP contribution >= 0.6 is 0 Å². The summed E-state index contributed by atoms with van der Waals surface area (Å²) < 4.78 is 5.11. The number of likely N-dealkylation sites (tertiary alicyclic amines) is 1. The molecule has 1 saturated heterocycles. The van der Waals surface area contributed by atoms with E-state index < -0.39 is 5.97 Å². The standard InChI is InChI=1S/C25H33N3O4/c1-5-32-25(31)22-16(2)23(27-18(22)4)24(30)28-13-11-19(12-14-28)15-21(29)26-17(3)20-9-7-6-8-10-20/h6-10,17,19,27H,5,11-15H2,1-4H3,(H,26,29). The number of benzene rings is 1. The van der Waals surface area contributed by atoms with Crippen LogP contribution in [-0.2, 0) is 9.53 Å². The van der Waals surface area contributed by atoms with Gasteiger partial charge in [-0.15, -0.1) is 0 Å². The summed E-state index contributed by atoms with van der Waals surface area (Å²) in [4.78, 5) is 42.6. The second-order valence-electron chi connectivity index (χ2n) is 8.49. The van der Waals surface area contributed by atoms with Crippen LogP contribution in [0.5, 0.6) is 0 Å². The van der Waals surface area contributed by atoms with Gasteiger partial charge in [-0.1, -0.05) is 30.3 Å². The van der Waals surface area contributed by atoms with E-state index in [0.717, 1.165) is 18.4 Å². The molecule has 1 unspecified atom stereocenters. The first-order chi connectivity index (χ1) is 15.3. The van der Waals surface area contributed by atoms with Crippen LogP contribution < -0.4 is 5.32 Å². The number of esters is 1. The molecule has 1 aliphatic heterocycles. The van der Waals surface area contributed by atoms with Gasteiger partial charge in [-0.3, -0.25) is 9.59 Å². The van der Waals surface area contributed by atoms with E-state index in [1.165, 1.54) is 0 Å². The molecule has 0 spiro atoms. The minimum Gasteiger partial charge on any atom is -0.462 e. The van der Waals surface area contributed by atoms with Gasteiger partial charge in [0.25, 0.3) is 5.91 Å². The van der Waals surface area contributed by atoms with Gasteiger partial charge in [0.1, 0.15) is 5.69 Å². The Labute approximate surface area is 189 Å². The number of aromatic nitrogens is 1. The van der Waals surface area contributed by atoms with Crippen molar-refractivity contribution in [2.24, 2.45) is 5.92 Å². The maximum atomic E-state index is 13.1. The van der Waals surface area contributed by atoms with Crippen molar-refractivity contribution in [2.45, 2.75) is 53.0 Å². The number of hydrogen-bond acceptors (Lipinski definition) is 4. The third kappa shape index (κ3) is 5.39. The maximum Gasteiger partial charge on any atom is 0.340 e. The molecule has 32 heavy (non-hydrogen) atoms. The van der Waals surface area contributed by atoms with E-state index in [1.807, 2.05) is 37.3 Å². The molecule has 1 atom stereocenters. The highest BCUT2D eigenvalue weighted by Crippen LogP contribution is 2.25. The third-order valence-corrected chi connectivity index (χ3v) is 6.18. The molecule has 1 aromatic carbocycles. The number of carbonyl (C=O) groups excluding carboxylic acids is 3. The summed E-state index contributed by atoms with van der Waals surface area (Å²) in [6.45, 7) is 8.77. The highest BCUT2D eigenvalue weighted by Gasteiger charge is 2.29. The molecule has 7 heteroatoms. The van der Waals surface area contributed by atoms with Crippen LogP contribution in [0.4, 0.5) is 0 Å². The number of carbonyl (C=O) groups is 3. The first kappa shape index (κ1) is 23.6. The summed E-state index contributed by atoms with van der Waals surface area (Å²) in [7, 11) is 0. The third-order valence-electron chi connectivity index (χ3n) is 6.18. The van der Waals surface area contributed by atoms with Crippen LogP contribution in [0, 0.1) is 19.8 Å². The lowest BCUT2D eigenvalue weighted by atomic mass is 9.92. The van der Waals surface area contributed by atoms with Gasteiger partial charge in [0.15, 0.2) is 0 Å². The highest BCUT2D eigenvalue weighted by atomic mass is 16.5. The second kappa shape index (κ2) is 10.5. The fourth-order valence-electron chi connectivity index (χ4n) is 4.36. The van der Waals surface area contributed by atoms with Gasteiger partial charge < -0.3 is 19.9 Å². The summed E-state index contributed by atoms with van der Waals surface area (Å²) in [5.41, 5.74) is 3.23. The summed E-state index contributed by atoms with van der Waals surface area (Å²) >= 11 is 0. The van der Waals surface area contributed by atoms with Crippen molar-refractivity contribution in [3.8, 4) is 0 Å². The number of rotatable bonds is 7. The Morgan fingerprint density at radius 1 is 1.16 bits per heavy atom. The molecular weight excluding hydrogens is 406 g/mol. The number of nitrogens with zero attached hydrogens (tertiary/aromatic N) is 1. The molecule has 1 aliphatic rings. The van der Waals surface area contributed by atoms with Gasteiger partial charge in [0.2, 0.25) is 5.91 Å². The second-order valence-corrected chi connectivity index (χ2v) is 8.49. The molecule has 0 saturated carbocycles. The maximum absolute atomic E-state index is 13.1. The van der Waals surface area contributed by atoms with Crippen LogP contribution in [0.3, 0.4) is 0 Å². The van der Waals surface area contributed by atoms with Crippen molar-refractivity contribution in [1.29, 1.82) is 0 Å². The van der Waals surface area contributed by atoms with Gasteiger partial charge in [-0.05, 0) is 57.6 Å². The molecule has 1 fully saturated rings. The Bertz CT molecular complexity index is 959. The monoisotopic (exact) mass is 439 g/mol. The van der Waals surface area contributed by atoms with Crippen molar-refractivity contribution in [3.05, 3.63) is 58.4 Å². The minimum atomic E-state index is -0.410. The Balaban J connectivity index is 1.53. The fourth-order valence-corrected chi connectivity index (χ4v) is 4.36. The summed E-state index contributed by atoms with van der Waals surface area (Å²) in [5, 5.41) is 3.07. The van der Waals surface area contributed by atoms with Crippen LogP contribution in [0.2, 0.25) is 0 Å². The molecule has 0 radical (unpaired) electrons. The average Bonchev–Trinajstić information content (AvgIpc) is 3.08. The molecule has 2 aromatic rings. The number of piperidine rings is 1. The van der Waals surface area contributed by atoms with E-state index in [-0.39, 0.29) is 30.4 Å². The molecule has 0 bridgehead atoms. The van der Waals surface area contributed by atoms with Crippen molar-refractivity contribution >= 4 is 17.8 Å². The van der Waals surface area contributed by atoms with Crippen molar-refractivity contribution in [2.75, 3.05) is 19.7 Å². The van der Waals surface area contributed by atoms with E-state index in [4.69, 9.17) is 4.74 Å². The summed E-state index contributed by atoms with van der Waals surface area (Å²) in [5.74, 6) is -0.223. The molecule has 3 rings (SSSR count). The Kier molecular flexibility index (Phi) is 7.72. The average molecular weight is 440 g/mol. The molecular formula is C25H33N3O4. The topological polar surface area (TPSA) is 91.5 Å². The fraction of sp³-hybridized carbons (Fsp3) is 0.480. The zero-order valence-electron chi connectivity index (χ0n) is 19.4. The summed E-state index contributed by atoms with van der Waals surface area (Å²) in [6, 6.07) is 9.87. The molecule has 172 valence electrons. The number of ether oxygens (including phenoxy) is 1. The smallest absolute Gasteiger partial charge is 0.340 e. The van der Waals surface area contributed by atoms with Gasteiger partial charge in [0, 0.05) is 25.2 Å². The number of nitrogens with one attached hydrogen (secondary N) is 2. The number of aryl methyl sites for hydroxylation is 1. The first-order valence-corrected chi connectivity index (χ1v) is 11.3. The lowest BCUT2D eigenvalue weighted by molar-refractivity contribution is -0.122. The minimum absolute atomic E-state index is 0.0296. The SMILES string of the molecule is CCOC(=O)c1c(C)[nH]c(C(=O)N2CCC(CC(=O)NC(C)c3ccccc3)CC2)c1C. The van der Waals surface area contributed by atoms with Crippen LogP contribution in [0.15, 0.2) is 30.3 Å². The predicted molar refractivity (Wildman–Crippen MR) is 122 cm³/mol. The number of H-pyrrole nitrogens is 1.